The molecule has 4 nitrogen and oxygen atoms in total. The lowest BCUT2D eigenvalue weighted by Crippen LogP contribution is -2.29. The molecule has 1 heterocycles. The lowest BCUT2D eigenvalue weighted by Gasteiger charge is -2.16. The van der Waals surface area contributed by atoms with Crippen LogP contribution in [-0.4, -0.2) is 20.4 Å². The molecule has 0 aromatic carbocycles. The fourth-order valence-electron chi connectivity index (χ4n) is 1.86. The summed E-state index contributed by atoms with van der Waals surface area (Å²) in [6.45, 7) is 9.05. The zero-order valence-corrected chi connectivity index (χ0v) is 13.1. The predicted octanol–water partition coefficient (Wildman–Crippen LogP) is 2.87. The molecule has 0 aliphatic heterocycles. The second-order valence-corrected chi connectivity index (χ2v) is 6.75. The molecule has 0 saturated heterocycles. The van der Waals surface area contributed by atoms with Crippen molar-refractivity contribution in [2.45, 2.75) is 51.5 Å². The van der Waals surface area contributed by atoms with Gasteiger partial charge in [-0.3, -0.25) is 4.79 Å². The van der Waals surface area contributed by atoms with Crippen LogP contribution in [-0.2, 0) is 6.54 Å². The van der Waals surface area contributed by atoms with Crippen molar-refractivity contribution >= 4 is 21.7 Å². The summed E-state index contributed by atoms with van der Waals surface area (Å²) in [6, 6.07) is 0.217. The van der Waals surface area contributed by atoms with Crippen LogP contribution in [0.1, 0.15) is 34.1 Å². The number of aromatic nitrogens is 2. The van der Waals surface area contributed by atoms with Gasteiger partial charge in [-0.1, -0.05) is 36.7 Å². The third-order valence-corrected chi connectivity index (χ3v) is 2.91. The van der Waals surface area contributed by atoms with Crippen LogP contribution in [0, 0.1) is 5.92 Å². The van der Waals surface area contributed by atoms with Crippen LogP contribution in [0.2, 0.25) is 0 Å². The van der Waals surface area contributed by atoms with E-state index in [0.717, 1.165) is 13.0 Å². The highest BCUT2D eigenvalue weighted by Gasteiger charge is 2.10. The Morgan fingerprint density at radius 1 is 1.39 bits per heavy atom. The Morgan fingerprint density at radius 2 is 2.06 bits per heavy atom. The molecule has 1 rings (SSSR count). The maximum absolute atomic E-state index is 12.2. The monoisotopic (exact) mass is 315 g/mol. The molecule has 0 amide bonds. The van der Waals surface area contributed by atoms with Gasteiger partial charge in [-0.15, -0.1) is 0 Å². The van der Waals surface area contributed by atoms with E-state index in [1.807, 2.05) is 0 Å². The summed E-state index contributed by atoms with van der Waals surface area (Å²) >= 11 is 3.51. The molecule has 0 bridgehead atoms. The molecular formula is C13H22BrN3O. The van der Waals surface area contributed by atoms with Crippen LogP contribution in [0.5, 0.6) is 0 Å². The highest BCUT2D eigenvalue weighted by atomic mass is 79.9. The highest BCUT2D eigenvalue weighted by Crippen LogP contribution is 2.09. The average molecular weight is 316 g/mol. The van der Waals surface area contributed by atoms with E-state index in [0.29, 0.717) is 16.6 Å². The molecule has 0 saturated carbocycles. The predicted molar refractivity (Wildman–Crippen MR) is 79.4 cm³/mol. The lowest BCUT2D eigenvalue weighted by atomic mass is 10.2. The van der Waals surface area contributed by atoms with Gasteiger partial charge in [-0.05, 0) is 19.3 Å². The lowest BCUT2D eigenvalue weighted by molar-refractivity contribution is 0.509. The Balaban J connectivity index is 2.81. The van der Waals surface area contributed by atoms with Gasteiger partial charge in [0.2, 0.25) is 0 Å². The molecule has 1 aromatic rings. The molecule has 2 unspecified atom stereocenters. The molecule has 1 aromatic heterocycles. The van der Waals surface area contributed by atoms with Crippen molar-refractivity contribution in [2.24, 2.45) is 5.92 Å². The van der Waals surface area contributed by atoms with Crippen LogP contribution < -0.4 is 10.9 Å². The van der Waals surface area contributed by atoms with Gasteiger partial charge in [0.15, 0.2) is 5.82 Å². The number of alkyl halides is 1. The normalized spacial score (nSPS) is 14.6. The van der Waals surface area contributed by atoms with Crippen molar-refractivity contribution < 1.29 is 0 Å². The van der Waals surface area contributed by atoms with E-state index < -0.39 is 0 Å². The van der Waals surface area contributed by atoms with E-state index in [2.05, 4.69) is 53.9 Å². The van der Waals surface area contributed by atoms with Crippen molar-refractivity contribution in [1.82, 2.24) is 9.55 Å². The fraction of sp³-hybridized carbons (Fsp3) is 0.692. The van der Waals surface area contributed by atoms with Crippen molar-refractivity contribution in [3.05, 3.63) is 22.7 Å². The molecule has 0 radical (unpaired) electrons. The summed E-state index contributed by atoms with van der Waals surface area (Å²) < 4.78 is 1.71. The fourth-order valence-corrected chi connectivity index (χ4v) is 2.42. The van der Waals surface area contributed by atoms with Crippen LogP contribution in [0.4, 0.5) is 5.82 Å². The van der Waals surface area contributed by atoms with Crippen LogP contribution >= 0.6 is 15.9 Å². The summed E-state index contributed by atoms with van der Waals surface area (Å²) in [5.41, 5.74) is -0.0414. The summed E-state index contributed by atoms with van der Waals surface area (Å²) in [4.78, 5) is 16.7. The highest BCUT2D eigenvalue weighted by molar-refractivity contribution is 9.09. The van der Waals surface area contributed by atoms with Gasteiger partial charge in [-0.25, -0.2) is 4.98 Å². The number of anilines is 1. The first kappa shape index (κ1) is 15.2. The van der Waals surface area contributed by atoms with Crippen LogP contribution in [0.3, 0.4) is 0 Å². The van der Waals surface area contributed by atoms with E-state index in [4.69, 9.17) is 0 Å². The zero-order chi connectivity index (χ0) is 13.7. The minimum Gasteiger partial charge on any atom is -0.363 e. The van der Waals surface area contributed by atoms with Crippen molar-refractivity contribution in [3.63, 3.8) is 0 Å². The molecule has 18 heavy (non-hydrogen) atoms. The maximum Gasteiger partial charge on any atom is 0.293 e. The number of hydrogen-bond donors (Lipinski definition) is 1. The topological polar surface area (TPSA) is 46.9 Å². The number of halogens is 1. The Bertz CT molecular complexity index is 428. The minimum atomic E-state index is -0.0414. The number of rotatable bonds is 6. The second-order valence-electron chi connectivity index (χ2n) is 5.19. The Labute approximate surface area is 117 Å². The SMILES string of the molecule is CC(C)Cn1ccnc(NC(C)CC(C)Br)c1=O. The molecule has 0 aliphatic rings. The molecule has 0 fully saturated rings. The quantitative estimate of drug-likeness (QED) is 0.821. The first-order valence-corrected chi connectivity index (χ1v) is 7.27. The first-order chi connectivity index (χ1) is 8.40. The summed E-state index contributed by atoms with van der Waals surface area (Å²) in [7, 11) is 0. The zero-order valence-electron chi connectivity index (χ0n) is 11.5. The van der Waals surface area contributed by atoms with E-state index in [9.17, 15) is 4.79 Å². The summed E-state index contributed by atoms with van der Waals surface area (Å²) in [5.74, 6) is 0.886. The molecule has 0 spiro atoms. The third kappa shape index (κ3) is 4.80. The maximum atomic E-state index is 12.2. The van der Waals surface area contributed by atoms with Gasteiger partial charge in [-0.2, -0.15) is 0 Å². The van der Waals surface area contributed by atoms with Gasteiger partial charge < -0.3 is 9.88 Å². The van der Waals surface area contributed by atoms with E-state index in [1.165, 1.54) is 0 Å². The van der Waals surface area contributed by atoms with Gasteiger partial charge in [0, 0.05) is 29.8 Å². The van der Waals surface area contributed by atoms with Gasteiger partial charge in [0.05, 0.1) is 0 Å². The van der Waals surface area contributed by atoms with Crippen LogP contribution in [0.25, 0.3) is 0 Å². The standard InChI is InChI=1S/C13H22BrN3O/c1-9(2)8-17-6-5-15-12(13(17)18)16-11(4)7-10(3)14/h5-6,9-11H,7-8H2,1-4H3,(H,15,16). The molecule has 1 N–H and O–H groups in total. The summed E-state index contributed by atoms with van der Waals surface area (Å²) in [6.07, 6.45) is 4.36. The number of hydrogen-bond acceptors (Lipinski definition) is 3. The van der Waals surface area contributed by atoms with Crippen LogP contribution in [0.15, 0.2) is 17.2 Å². The summed E-state index contributed by atoms with van der Waals surface area (Å²) in [5, 5.41) is 3.18. The molecule has 102 valence electrons. The molecule has 2 atom stereocenters. The van der Waals surface area contributed by atoms with Gasteiger partial charge in [0.1, 0.15) is 0 Å². The van der Waals surface area contributed by atoms with Crippen molar-refractivity contribution in [2.75, 3.05) is 5.32 Å². The van der Waals surface area contributed by atoms with Gasteiger partial charge in [0.25, 0.3) is 5.56 Å². The van der Waals surface area contributed by atoms with Gasteiger partial charge >= 0.3 is 0 Å². The Hall–Kier alpha value is -0.840. The molecule has 5 heteroatoms. The Morgan fingerprint density at radius 3 is 2.61 bits per heavy atom. The van der Waals surface area contributed by atoms with E-state index >= 15 is 0 Å². The molecular weight excluding hydrogens is 294 g/mol. The first-order valence-electron chi connectivity index (χ1n) is 6.36. The molecule has 0 aliphatic carbocycles. The minimum absolute atomic E-state index is 0.0414. The largest absolute Gasteiger partial charge is 0.363 e. The second kappa shape index (κ2) is 6.92. The Kier molecular flexibility index (Phi) is 5.85. The van der Waals surface area contributed by atoms with E-state index in [-0.39, 0.29) is 11.6 Å². The number of nitrogens with one attached hydrogen (secondary N) is 1. The van der Waals surface area contributed by atoms with Crippen molar-refractivity contribution in [3.8, 4) is 0 Å². The smallest absolute Gasteiger partial charge is 0.293 e. The average Bonchev–Trinajstić information content (AvgIpc) is 2.22. The van der Waals surface area contributed by atoms with E-state index in [1.54, 1.807) is 17.0 Å². The number of nitrogens with zero attached hydrogens (tertiary/aromatic N) is 2. The third-order valence-electron chi connectivity index (χ3n) is 2.54. The van der Waals surface area contributed by atoms with Crippen molar-refractivity contribution in [1.29, 1.82) is 0 Å².